The van der Waals surface area contributed by atoms with Crippen molar-refractivity contribution in [1.29, 1.82) is 0 Å². The Morgan fingerprint density at radius 3 is 2.62 bits per heavy atom. The molecule has 0 radical (unpaired) electrons. The molecule has 0 atom stereocenters. The third-order valence-electron chi connectivity index (χ3n) is 3.82. The van der Waals surface area contributed by atoms with Crippen LogP contribution in [0.25, 0.3) is 10.9 Å². The smallest absolute Gasteiger partial charge is 0.230 e. The summed E-state index contributed by atoms with van der Waals surface area (Å²) in [4.78, 5) is 16.8. The van der Waals surface area contributed by atoms with Gasteiger partial charge in [0.15, 0.2) is 0 Å². The fraction of sp³-hybridized carbons (Fsp3) is 0.200. The molecule has 24 heavy (non-hydrogen) atoms. The Morgan fingerprint density at radius 2 is 1.83 bits per heavy atom. The second-order valence-corrected chi connectivity index (χ2v) is 6.51. The highest BCUT2D eigenvalue weighted by molar-refractivity contribution is 7.99. The molecule has 1 heterocycles. The van der Waals surface area contributed by atoms with Crippen LogP contribution in [0.5, 0.6) is 0 Å². The fourth-order valence-corrected chi connectivity index (χ4v) is 3.42. The molecule has 4 heteroatoms. The Bertz CT molecular complexity index is 833. The van der Waals surface area contributed by atoms with E-state index in [0.717, 1.165) is 27.9 Å². The van der Waals surface area contributed by atoms with Gasteiger partial charge in [0, 0.05) is 11.9 Å². The molecular formula is C20H20N2OS. The number of amides is 1. The molecule has 2 aromatic carbocycles. The summed E-state index contributed by atoms with van der Waals surface area (Å²) in [5.74, 6) is 0.409. The van der Waals surface area contributed by atoms with Crippen LogP contribution in [-0.2, 0) is 17.8 Å². The number of hydrogen-bond acceptors (Lipinski definition) is 3. The number of thioether (sulfide) groups is 1. The first-order valence-corrected chi connectivity index (χ1v) is 9.07. The van der Waals surface area contributed by atoms with E-state index < -0.39 is 0 Å². The monoisotopic (exact) mass is 336 g/mol. The number of nitrogens with zero attached hydrogens (tertiary/aromatic N) is 1. The lowest BCUT2D eigenvalue weighted by molar-refractivity contribution is -0.118. The molecule has 0 aliphatic carbocycles. The summed E-state index contributed by atoms with van der Waals surface area (Å²) in [7, 11) is 0. The van der Waals surface area contributed by atoms with Crippen molar-refractivity contribution in [3.8, 4) is 0 Å². The summed E-state index contributed by atoms with van der Waals surface area (Å²) in [5.41, 5.74) is 3.27. The summed E-state index contributed by atoms with van der Waals surface area (Å²) >= 11 is 1.51. The number of fused-ring (bicyclic) bond motifs is 1. The number of para-hydroxylation sites is 1. The van der Waals surface area contributed by atoms with E-state index in [9.17, 15) is 4.79 Å². The van der Waals surface area contributed by atoms with Gasteiger partial charge in [0.1, 0.15) is 5.03 Å². The van der Waals surface area contributed by atoms with Crippen LogP contribution in [0.15, 0.2) is 65.7 Å². The van der Waals surface area contributed by atoms with E-state index in [-0.39, 0.29) is 5.91 Å². The molecule has 3 aromatic rings. The molecular weight excluding hydrogens is 316 g/mol. The molecule has 1 amide bonds. The predicted molar refractivity (Wildman–Crippen MR) is 100 cm³/mol. The Kier molecular flexibility index (Phi) is 5.49. The quantitative estimate of drug-likeness (QED) is 0.686. The van der Waals surface area contributed by atoms with Gasteiger partial charge in [0.05, 0.1) is 11.3 Å². The Hall–Kier alpha value is -2.33. The lowest BCUT2D eigenvalue weighted by Gasteiger charge is -2.09. The van der Waals surface area contributed by atoms with Crippen molar-refractivity contribution >= 4 is 28.6 Å². The molecule has 0 saturated carbocycles. The standard InChI is InChI=1S/C20H20N2OS/c1-2-16-12-17-10-6-7-11-18(17)22-20(16)24-14-19(23)21-13-15-8-4-3-5-9-15/h3-12H,2,13-14H2,1H3,(H,21,23). The maximum absolute atomic E-state index is 12.1. The minimum absolute atomic E-state index is 0.0286. The van der Waals surface area contributed by atoms with Gasteiger partial charge in [0.2, 0.25) is 5.91 Å². The zero-order valence-corrected chi connectivity index (χ0v) is 14.5. The summed E-state index contributed by atoms with van der Waals surface area (Å²) in [6, 6.07) is 20.2. The minimum Gasteiger partial charge on any atom is -0.351 e. The molecule has 0 aliphatic heterocycles. The van der Waals surface area contributed by atoms with Crippen LogP contribution in [0.1, 0.15) is 18.1 Å². The van der Waals surface area contributed by atoms with Gasteiger partial charge in [-0.05, 0) is 29.7 Å². The molecule has 122 valence electrons. The number of nitrogens with one attached hydrogen (secondary N) is 1. The van der Waals surface area contributed by atoms with E-state index in [1.165, 1.54) is 17.3 Å². The predicted octanol–water partition coefficient (Wildman–Crippen LogP) is 4.21. The minimum atomic E-state index is 0.0286. The number of carbonyl (C=O) groups excluding carboxylic acids is 1. The normalized spacial score (nSPS) is 10.7. The van der Waals surface area contributed by atoms with Gasteiger partial charge in [-0.25, -0.2) is 4.98 Å². The van der Waals surface area contributed by atoms with Gasteiger partial charge in [-0.2, -0.15) is 0 Å². The Morgan fingerprint density at radius 1 is 1.08 bits per heavy atom. The SMILES string of the molecule is CCc1cc2ccccc2nc1SCC(=O)NCc1ccccc1. The number of aryl methyl sites for hydroxylation is 1. The summed E-state index contributed by atoms with van der Waals surface area (Å²) in [5, 5.41) is 5.05. The molecule has 1 aromatic heterocycles. The maximum Gasteiger partial charge on any atom is 0.230 e. The van der Waals surface area contributed by atoms with E-state index in [1.807, 2.05) is 48.5 Å². The molecule has 1 N–H and O–H groups in total. The summed E-state index contributed by atoms with van der Waals surface area (Å²) < 4.78 is 0. The van der Waals surface area contributed by atoms with Crippen LogP contribution in [0.4, 0.5) is 0 Å². The van der Waals surface area contributed by atoms with Crippen molar-refractivity contribution in [2.75, 3.05) is 5.75 Å². The number of rotatable bonds is 6. The van der Waals surface area contributed by atoms with E-state index >= 15 is 0 Å². The van der Waals surface area contributed by atoms with Crippen molar-refractivity contribution in [3.63, 3.8) is 0 Å². The van der Waals surface area contributed by atoms with Crippen LogP contribution in [0.2, 0.25) is 0 Å². The van der Waals surface area contributed by atoms with Crippen molar-refractivity contribution in [2.45, 2.75) is 24.9 Å². The van der Waals surface area contributed by atoms with Crippen LogP contribution >= 0.6 is 11.8 Å². The molecule has 3 nitrogen and oxygen atoms in total. The van der Waals surface area contributed by atoms with Crippen LogP contribution in [-0.4, -0.2) is 16.6 Å². The summed E-state index contributed by atoms with van der Waals surface area (Å²) in [6.45, 7) is 2.68. The van der Waals surface area contributed by atoms with E-state index in [1.54, 1.807) is 0 Å². The number of carbonyl (C=O) groups is 1. The largest absolute Gasteiger partial charge is 0.351 e. The third-order valence-corrected chi connectivity index (χ3v) is 4.85. The van der Waals surface area contributed by atoms with Crippen LogP contribution < -0.4 is 5.32 Å². The fourth-order valence-electron chi connectivity index (χ4n) is 2.50. The highest BCUT2D eigenvalue weighted by atomic mass is 32.2. The Balaban J connectivity index is 1.63. The van der Waals surface area contributed by atoms with E-state index in [0.29, 0.717) is 12.3 Å². The topological polar surface area (TPSA) is 42.0 Å². The molecule has 0 bridgehead atoms. The molecule has 0 fully saturated rings. The van der Waals surface area contributed by atoms with Crippen molar-refractivity contribution < 1.29 is 4.79 Å². The highest BCUT2D eigenvalue weighted by Crippen LogP contribution is 2.25. The van der Waals surface area contributed by atoms with Gasteiger partial charge >= 0.3 is 0 Å². The first kappa shape index (κ1) is 16.5. The van der Waals surface area contributed by atoms with E-state index in [2.05, 4.69) is 24.4 Å². The lowest BCUT2D eigenvalue weighted by atomic mass is 10.1. The number of pyridine rings is 1. The molecule has 0 spiro atoms. The van der Waals surface area contributed by atoms with Crippen LogP contribution in [0.3, 0.4) is 0 Å². The molecule has 0 aliphatic rings. The average molecular weight is 336 g/mol. The zero-order valence-electron chi connectivity index (χ0n) is 13.7. The van der Waals surface area contributed by atoms with Crippen molar-refractivity contribution in [3.05, 3.63) is 71.8 Å². The second-order valence-electron chi connectivity index (χ2n) is 5.55. The van der Waals surface area contributed by atoms with Gasteiger partial charge in [-0.1, -0.05) is 67.2 Å². The highest BCUT2D eigenvalue weighted by Gasteiger charge is 2.09. The lowest BCUT2D eigenvalue weighted by Crippen LogP contribution is -2.24. The molecule has 0 unspecified atom stereocenters. The molecule has 0 saturated heterocycles. The van der Waals surface area contributed by atoms with Gasteiger partial charge in [0.25, 0.3) is 0 Å². The van der Waals surface area contributed by atoms with Gasteiger partial charge in [-0.15, -0.1) is 0 Å². The first-order chi connectivity index (χ1) is 11.8. The third kappa shape index (κ3) is 4.15. The maximum atomic E-state index is 12.1. The van der Waals surface area contributed by atoms with E-state index in [4.69, 9.17) is 4.98 Å². The number of benzene rings is 2. The van der Waals surface area contributed by atoms with Gasteiger partial charge < -0.3 is 5.32 Å². The second kappa shape index (κ2) is 7.97. The summed E-state index contributed by atoms with van der Waals surface area (Å²) in [6.07, 6.45) is 0.909. The Labute approximate surface area is 146 Å². The molecule has 3 rings (SSSR count). The number of hydrogen-bond donors (Lipinski definition) is 1. The van der Waals surface area contributed by atoms with Crippen molar-refractivity contribution in [2.24, 2.45) is 0 Å². The van der Waals surface area contributed by atoms with Crippen LogP contribution in [0, 0.1) is 0 Å². The zero-order chi connectivity index (χ0) is 16.8. The van der Waals surface area contributed by atoms with Crippen molar-refractivity contribution in [1.82, 2.24) is 10.3 Å². The van der Waals surface area contributed by atoms with Gasteiger partial charge in [-0.3, -0.25) is 4.79 Å². The number of aromatic nitrogens is 1. The average Bonchev–Trinajstić information content (AvgIpc) is 2.64. The first-order valence-electron chi connectivity index (χ1n) is 8.08.